The zero-order chi connectivity index (χ0) is 15.9. The predicted octanol–water partition coefficient (Wildman–Crippen LogP) is 2.82. The molecule has 0 aromatic heterocycles. The third-order valence-corrected chi connectivity index (χ3v) is 3.50. The lowest BCUT2D eigenvalue weighted by Gasteiger charge is -2.22. The van der Waals surface area contributed by atoms with Gasteiger partial charge in [-0.2, -0.15) is 0 Å². The average molecular weight is 296 g/mol. The van der Waals surface area contributed by atoms with Crippen LogP contribution in [0.5, 0.6) is 0 Å². The van der Waals surface area contributed by atoms with E-state index >= 15 is 0 Å². The van der Waals surface area contributed by atoms with E-state index in [1.54, 1.807) is 11.8 Å². The fourth-order valence-corrected chi connectivity index (χ4v) is 2.17. The van der Waals surface area contributed by atoms with Crippen LogP contribution in [0.2, 0.25) is 0 Å². The summed E-state index contributed by atoms with van der Waals surface area (Å²) in [4.78, 5) is 14.2. The minimum absolute atomic E-state index is 0.187. The van der Waals surface area contributed by atoms with Gasteiger partial charge in [-0.15, -0.1) is 0 Å². The van der Waals surface area contributed by atoms with Gasteiger partial charge in [-0.1, -0.05) is 60.7 Å². The summed E-state index contributed by atoms with van der Waals surface area (Å²) in [7, 11) is 1.34. The topological polar surface area (TPSA) is 46.4 Å². The van der Waals surface area contributed by atoms with Crippen LogP contribution in [0, 0.1) is 5.21 Å². The highest BCUT2D eigenvalue weighted by Gasteiger charge is 2.21. The number of nitrogens with zero attached hydrogens (tertiary/aromatic N) is 2. The number of carbonyl (C=O) groups is 1. The normalized spacial score (nSPS) is 11.7. The minimum atomic E-state index is -0.245. The maximum Gasteiger partial charge on any atom is 0.315 e. The fraction of sp³-hybridized carbons (Fsp3) is 0.222. The van der Waals surface area contributed by atoms with E-state index in [1.165, 1.54) is 7.05 Å². The molecule has 0 radical (unpaired) electrons. The summed E-state index contributed by atoms with van der Waals surface area (Å²) < 4.78 is 0.616. The van der Waals surface area contributed by atoms with Crippen LogP contribution in [0.1, 0.15) is 18.1 Å². The zero-order valence-corrected chi connectivity index (χ0v) is 12.9. The second-order valence-corrected chi connectivity index (χ2v) is 5.22. The third kappa shape index (κ3) is 4.19. The van der Waals surface area contributed by atoms with Gasteiger partial charge in [0.25, 0.3) is 0 Å². The van der Waals surface area contributed by atoms with Crippen molar-refractivity contribution in [3.8, 4) is 0 Å². The first-order chi connectivity index (χ1) is 10.6. The van der Waals surface area contributed by atoms with Crippen molar-refractivity contribution in [2.24, 2.45) is 0 Å². The average Bonchev–Trinajstić information content (AvgIpc) is 2.54. The lowest BCUT2D eigenvalue weighted by molar-refractivity contribution is -0.422. The van der Waals surface area contributed by atoms with E-state index in [4.69, 9.17) is 0 Å². The van der Waals surface area contributed by atoms with Gasteiger partial charge in [-0.3, -0.25) is 4.79 Å². The number of rotatable bonds is 5. The van der Waals surface area contributed by atoms with Crippen LogP contribution in [0.4, 0.5) is 0 Å². The van der Waals surface area contributed by atoms with Gasteiger partial charge in [0.1, 0.15) is 7.05 Å². The molecular weight excluding hydrogens is 276 g/mol. The van der Waals surface area contributed by atoms with Gasteiger partial charge in [-0.05, 0) is 11.1 Å². The zero-order valence-electron chi connectivity index (χ0n) is 12.9. The van der Waals surface area contributed by atoms with Crippen LogP contribution >= 0.6 is 0 Å². The van der Waals surface area contributed by atoms with Crippen molar-refractivity contribution in [1.29, 1.82) is 0 Å². The predicted molar refractivity (Wildman–Crippen MR) is 87.4 cm³/mol. The highest BCUT2D eigenvalue weighted by atomic mass is 16.5. The van der Waals surface area contributed by atoms with Crippen molar-refractivity contribution in [3.63, 3.8) is 0 Å². The highest BCUT2D eigenvalue weighted by molar-refractivity contribution is 6.35. The molecule has 0 aliphatic carbocycles. The Morgan fingerprint density at radius 3 is 1.73 bits per heavy atom. The smallest absolute Gasteiger partial charge is 0.315 e. The Labute approximate surface area is 130 Å². The van der Waals surface area contributed by atoms with E-state index in [1.807, 2.05) is 60.7 Å². The lowest BCUT2D eigenvalue weighted by atomic mass is 10.1. The number of benzene rings is 2. The summed E-state index contributed by atoms with van der Waals surface area (Å²) in [6.07, 6.45) is 0. The number of carbonyl (C=O) groups excluding carboxylic acids is 1. The van der Waals surface area contributed by atoms with Gasteiger partial charge in [0.2, 0.25) is 5.71 Å². The number of hydroxylamine groups is 1. The molecule has 0 heterocycles. The fourth-order valence-electron chi connectivity index (χ4n) is 2.17. The largest absolute Gasteiger partial charge is 0.624 e. The van der Waals surface area contributed by atoms with E-state index in [2.05, 4.69) is 0 Å². The molecule has 1 amide bonds. The maximum absolute atomic E-state index is 12.5. The van der Waals surface area contributed by atoms with E-state index in [-0.39, 0.29) is 11.6 Å². The molecule has 0 aliphatic heterocycles. The summed E-state index contributed by atoms with van der Waals surface area (Å²) in [5, 5.41) is 11.4. The summed E-state index contributed by atoms with van der Waals surface area (Å²) in [5.41, 5.74) is 2.26. The van der Waals surface area contributed by atoms with Crippen molar-refractivity contribution in [1.82, 2.24) is 4.90 Å². The van der Waals surface area contributed by atoms with Crippen molar-refractivity contribution in [3.05, 3.63) is 77.0 Å². The van der Waals surface area contributed by atoms with Crippen molar-refractivity contribution in [2.45, 2.75) is 20.0 Å². The van der Waals surface area contributed by atoms with Gasteiger partial charge in [0, 0.05) is 20.0 Å². The molecule has 0 atom stereocenters. The molecule has 2 rings (SSSR count). The first-order valence-electron chi connectivity index (χ1n) is 7.19. The van der Waals surface area contributed by atoms with Gasteiger partial charge in [0.05, 0.1) is 0 Å². The van der Waals surface area contributed by atoms with E-state index in [0.717, 1.165) is 11.1 Å². The Morgan fingerprint density at radius 1 is 0.955 bits per heavy atom. The van der Waals surface area contributed by atoms with Gasteiger partial charge in [0.15, 0.2) is 0 Å². The van der Waals surface area contributed by atoms with Gasteiger partial charge >= 0.3 is 5.91 Å². The molecule has 0 saturated carbocycles. The first kappa shape index (κ1) is 15.8. The summed E-state index contributed by atoms with van der Waals surface area (Å²) >= 11 is 0. The summed E-state index contributed by atoms with van der Waals surface area (Å²) in [5.74, 6) is -0.245. The molecule has 0 unspecified atom stereocenters. The van der Waals surface area contributed by atoms with Crippen LogP contribution in [0.25, 0.3) is 0 Å². The Hall–Kier alpha value is -2.62. The molecular formula is C18H20N2O2. The molecule has 114 valence electrons. The van der Waals surface area contributed by atoms with Crippen LogP contribution in [0.3, 0.4) is 0 Å². The molecule has 2 aromatic rings. The minimum Gasteiger partial charge on any atom is -0.624 e. The number of amides is 1. The second kappa shape index (κ2) is 7.41. The quantitative estimate of drug-likeness (QED) is 0.369. The van der Waals surface area contributed by atoms with Crippen molar-refractivity contribution < 1.29 is 9.53 Å². The maximum atomic E-state index is 12.5. The van der Waals surface area contributed by atoms with Crippen LogP contribution in [0.15, 0.2) is 60.7 Å². The number of hydrogen-bond acceptors (Lipinski definition) is 2. The number of hydrogen-bond donors (Lipinski definition) is 0. The van der Waals surface area contributed by atoms with Crippen LogP contribution < -0.4 is 0 Å². The van der Waals surface area contributed by atoms with Crippen LogP contribution in [-0.4, -0.2) is 28.3 Å². The summed E-state index contributed by atoms with van der Waals surface area (Å²) in [6.45, 7) is 2.50. The standard InChI is InChI=1S/C18H20N2O2/c1-15(19(2)22)18(21)20(13-16-9-5-3-6-10-16)14-17-11-7-4-8-12-17/h3-12H,13-14H2,1-2H3/b19-15-. The third-order valence-electron chi connectivity index (χ3n) is 3.50. The monoisotopic (exact) mass is 296 g/mol. The van der Waals surface area contributed by atoms with E-state index in [0.29, 0.717) is 17.8 Å². The Bertz CT molecular complexity index is 606. The Balaban J connectivity index is 2.24. The molecule has 4 nitrogen and oxygen atoms in total. The Kier molecular flexibility index (Phi) is 5.31. The van der Waals surface area contributed by atoms with E-state index < -0.39 is 0 Å². The van der Waals surface area contributed by atoms with Crippen molar-refractivity contribution >= 4 is 11.6 Å². The molecule has 0 N–H and O–H groups in total. The van der Waals surface area contributed by atoms with Gasteiger partial charge < -0.3 is 10.1 Å². The molecule has 0 bridgehead atoms. The Morgan fingerprint density at radius 2 is 1.36 bits per heavy atom. The molecule has 2 aromatic carbocycles. The molecule has 0 saturated heterocycles. The molecule has 0 fully saturated rings. The molecule has 4 heteroatoms. The summed E-state index contributed by atoms with van der Waals surface area (Å²) in [6, 6.07) is 19.5. The molecule has 22 heavy (non-hydrogen) atoms. The lowest BCUT2D eigenvalue weighted by Crippen LogP contribution is -2.37. The van der Waals surface area contributed by atoms with Crippen molar-refractivity contribution in [2.75, 3.05) is 7.05 Å². The first-order valence-corrected chi connectivity index (χ1v) is 7.19. The molecule has 0 aliphatic rings. The van der Waals surface area contributed by atoms with Crippen LogP contribution in [-0.2, 0) is 17.9 Å². The SMILES string of the molecule is C/C(C(=O)N(Cc1ccccc1)Cc1ccccc1)=[N+](\C)[O-]. The van der Waals surface area contributed by atoms with E-state index in [9.17, 15) is 10.0 Å². The highest BCUT2D eigenvalue weighted by Crippen LogP contribution is 2.11. The molecule has 0 spiro atoms. The second-order valence-electron chi connectivity index (χ2n) is 5.22. The van der Waals surface area contributed by atoms with Gasteiger partial charge in [-0.25, -0.2) is 4.74 Å².